The van der Waals surface area contributed by atoms with Crippen molar-refractivity contribution in [3.63, 3.8) is 0 Å². The van der Waals surface area contributed by atoms with E-state index in [0.717, 1.165) is 43.7 Å². The number of carbonyl (C=O) groups excluding carboxylic acids is 1. The highest BCUT2D eigenvalue weighted by molar-refractivity contribution is 5.95. The van der Waals surface area contributed by atoms with E-state index >= 15 is 0 Å². The lowest BCUT2D eigenvalue weighted by Gasteiger charge is -2.14. The molecule has 1 aliphatic heterocycles. The smallest absolute Gasteiger partial charge is 0.243 e. The summed E-state index contributed by atoms with van der Waals surface area (Å²) in [5.41, 5.74) is 2.82. The van der Waals surface area contributed by atoms with Gasteiger partial charge in [0.2, 0.25) is 5.91 Å². The highest BCUT2D eigenvalue weighted by Gasteiger charge is 2.16. The third-order valence-corrected chi connectivity index (χ3v) is 5.64. The molecule has 1 aliphatic rings. The highest BCUT2D eigenvalue weighted by atomic mass is 16.5. The molecule has 0 spiro atoms. The number of carbonyl (C=O) groups is 1. The fourth-order valence-corrected chi connectivity index (χ4v) is 3.81. The first-order chi connectivity index (χ1) is 16.8. The first kappa shape index (κ1) is 23.6. The molecule has 1 fully saturated rings. The molecule has 6 nitrogen and oxygen atoms in total. The average molecular weight is 461 g/mol. The molecule has 3 aromatic carbocycles. The lowest BCUT2D eigenvalue weighted by Crippen LogP contribution is -2.22. The van der Waals surface area contributed by atoms with Crippen molar-refractivity contribution in [3.05, 3.63) is 84.4 Å². The van der Waals surface area contributed by atoms with E-state index in [2.05, 4.69) is 22.8 Å². The average Bonchev–Trinajstić information content (AvgIpc) is 3.40. The summed E-state index contributed by atoms with van der Waals surface area (Å²) in [6, 6.07) is 25.5. The first-order valence-corrected chi connectivity index (χ1v) is 11.9. The minimum absolute atomic E-state index is 0.140. The normalized spacial score (nSPS) is 15.0. The van der Waals surface area contributed by atoms with Crippen LogP contribution in [0.3, 0.4) is 0 Å². The number of nitrogens with one attached hydrogen (secondary N) is 2. The molecule has 0 saturated carbocycles. The second-order valence-corrected chi connectivity index (χ2v) is 8.31. The van der Waals surface area contributed by atoms with E-state index < -0.39 is 0 Å². The van der Waals surface area contributed by atoms with Crippen LogP contribution in [-0.2, 0) is 16.0 Å². The molecular weight excluding hydrogens is 428 g/mol. The maximum atomic E-state index is 12.5. The molecule has 6 heteroatoms. The minimum atomic E-state index is -0.140. The van der Waals surface area contributed by atoms with Crippen molar-refractivity contribution >= 4 is 17.3 Å². The van der Waals surface area contributed by atoms with Gasteiger partial charge in [0.25, 0.3) is 0 Å². The van der Waals surface area contributed by atoms with Crippen LogP contribution in [0.15, 0.2) is 78.9 Å². The molecule has 0 aromatic heterocycles. The quantitative estimate of drug-likeness (QED) is 0.359. The van der Waals surface area contributed by atoms with E-state index in [0.29, 0.717) is 24.7 Å². The van der Waals surface area contributed by atoms with E-state index in [4.69, 9.17) is 14.2 Å². The number of para-hydroxylation sites is 2. The van der Waals surface area contributed by atoms with Gasteiger partial charge in [0.1, 0.15) is 18.1 Å². The van der Waals surface area contributed by atoms with Crippen molar-refractivity contribution < 1.29 is 19.0 Å². The molecule has 1 unspecified atom stereocenters. The summed E-state index contributed by atoms with van der Waals surface area (Å²) >= 11 is 0. The van der Waals surface area contributed by atoms with E-state index in [1.807, 2.05) is 66.7 Å². The zero-order chi connectivity index (χ0) is 23.4. The van der Waals surface area contributed by atoms with Gasteiger partial charge >= 0.3 is 0 Å². The fraction of sp³-hybridized carbons (Fsp3) is 0.321. The molecule has 0 bridgehead atoms. The number of hydrogen-bond donors (Lipinski definition) is 2. The van der Waals surface area contributed by atoms with Crippen LogP contribution in [0.5, 0.6) is 11.5 Å². The molecule has 1 saturated heterocycles. The predicted molar refractivity (Wildman–Crippen MR) is 135 cm³/mol. The summed E-state index contributed by atoms with van der Waals surface area (Å²) < 4.78 is 17.3. The zero-order valence-corrected chi connectivity index (χ0v) is 19.4. The molecule has 0 aliphatic carbocycles. The molecule has 1 heterocycles. The third-order valence-electron chi connectivity index (χ3n) is 5.64. The molecule has 178 valence electrons. The number of rotatable bonds is 12. The molecule has 34 heavy (non-hydrogen) atoms. The van der Waals surface area contributed by atoms with Gasteiger partial charge in [-0.3, -0.25) is 4.79 Å². The number of benzene rings is 3. The Bertz CT molecular complexity index is 1020. The van der Waals surface area contributed by atoms with Crippen molar-refractivity contribution in [3.8, 4) is 11.5 Å². The maximum absolute atomic E-state index is 12.5. The van der Waals surface area contributed by atoms with Crippen LogP contribution >= 0.6 is 0 Å². The minimum Gasteiger partial charge on any atom is -0.491 e. The Kier molecular flexibility index (Phi) is 8.80. The lowest BCUT2D eigenvalue weighted by atomic mass is 10.1. The topological polar surface area (TPSA) is 68.8 Å². The Balaban J connectivity index is 1.19. The highest BCUT2D eigenvalue weighted by Crippen LogP contribution is 2.24. The number of hydrogen-bond acceptors (Lipinski definition) is 5. The summed E-state index contributed by atoms with van der Waals surface area (Å²) in [6.07, 6.45) is 4.20. The Morgan fingerprint density at radius 1 is 0.941 bits per heavy atom. The van der Waals surface area contributed by atoms with E-state index in [-0.39, 0.29) is 18.6 Å². The van der Waals surface area contributed by atoms with Gasteiger partial charge in [-0.2, -0.15) is 0 Å². The predicted octanol–water partition coefficient (Wildman–Crippen LogP) is 5.31. The van der Waals surface area contributed by atoms with Gasteiger partial charge in [-0.05, 0) is 67.6 Å². The van der Waals surface area contributed by atoms with Crippen LogP contribution in [0.25, 0.3) is 0 Å². The summed E-state index contributed by atoms with van der Waals surface area (Å²) in [5, 5.41) is 6.08. The standard InChI is InChI=1S/C28H32N2O4/c31-28(20-29-23-14-16-24(17-15-23)34-21-25-11-7-18-32-25)30-26-12-4-5-13-27(26)33-19-6-10-22-8-2-1-3-9-22/h1-5,8-9,12-17,25,29H,6-7,10-11,18-21H2,(H,30,31). The molecule has 4 rings (SSSR count). The van der Waals surface area contributed by atoms with Gasteiger partial charge in [-0.15, -0.1) is 0 Å². The van der Waals surface area contributed by atoms with Crippen LogP contribution < -0.4 is 20.1 Å². The van der Waals surface area contributed by atoms with Crippen molar-refractivity contribution in [1.82, 2.24) is 0 Å². The monoisotopic (exact) mass is 460 g/mol. The molecule has 3 aromatic rings. The van der Waals surface area contributed by atoms with Gasteiger partial charge < -0.3 is 24.8 Å². The SMILES string of the molecule is O=C(CNc1ccc(OCC2CCCO2)cc1)Nc1ccccc1OCCCc1ccccc1. The number of aryl methyl sites for hydroxylation is 1. The van der Waals surface area contributed by atoms with Gasteiger partial charge in [-0.1, -0.05) is 42.5 Å². The van der Waals surface area contributed by atoms with Crippen LogP contribution in [0.2, 0.25) is 0 Å². The number of amides is 1. The van der Waals surface area contributed by atoms with Gasteiger partial charge in [-0.25, -0.2) is 0 Å². The van der Waals surface area contributed by atoms with E-state index in [1.54, 1.807) is 0 Å². The third kappa shape index (κ3) is 7.52. The summed E-state index contributed by atoms with van der Waals surface area (Å²) in [7, 11) is 0. The van der Waals surface area contributed by atoms with Gasteiger partial charge in [0, 0.05) is 12.3 Å². The molecule has 0 radical (unpaired) electrons. The number of anilines is 2. The largest absolute Gasteiger partial charge is 0.491 e. The number of ether oxygens (including phenoxy) is 3. The van der Waals surface area contributed by atoms with E-state index in [1.165, 1.54) is 5.56 Å². The second-order valence-electron chi connectivity index (χ2n) is 8.31. The van der Waals surface area contributed by atoms with Gasteiger partial charge in [0.15, 0.2) is 0 Å². The van der Waals surface area contributed by atoms with E-state index in [9.17, 15) is 4.79 Å². The Morgan fingerprint density at radius 3 is 2.53 bits per heavy atom. The second kappa shape index (κ2) is 12.7. The van der Waals surface area contributed by atoms with Crippen LogP contribution in [0.4, 0.5) is 11.4 Å². The van der Waals surface area contributed by atoms with Crippen molar-refractivity contribution in [2.45, 2.75) is 31.8 Å². The summed E-state index contributed by atoms with van der Waals surface area (Å²) in [6.45, 7) is 2.13. The van der Waals surface area contributed by atoms with Crippen molar-refractivity contribution in [2.24, 2.45) is 0 Å². The Labute approximate surface area is 201 Å². The molecule has 1 amide bonds. The van der Waals surface area contributed by atoms with Crippen LogP contribution in [0, 0.1) is 0 Å². The first-order valence-electron chi connectivity index (χ1n) is 11.9. The Morgan fingerprint density at radius 2 is 1.74 bits per heavy atom. The van der Waals surface area contributed by atoms with Gasteiger partial charge in [0.05, 0.1) is 24.9 Å². The summed E-state index contributed by atoms with van der Waals surface area (Å²) in [5.74, 6) is 1.33. The summed E-state index contributed by atoms with van der Waals surface area (Å²) in [4.78, 5) is 12.5. The van der Waals surface area contributed by atoms with Crippen molar-refractivity contribution in [2.75, 3.05) is 37.0 Å². The zero-order valence-electron chi connectivity index (χ0n) is 19.4. The van der Waals surface area contributed by atoms with Crippen molar-refractivity contribution in [1.29, 1.82) is 0 Å². The van der Waals surface area contributed by atoms with Crippen LogP contribution in [-0.4, -0.2) is 38.4 Å². The molecular formula is C28H32N2O4. The molecule has 1 atom stereocenters. The fourth-order valence-electron chi connectivity index (χ4n) is 3.81. The lowest BCUT2D eigenvalue weighted by molar-refractivity contribution is -0.114. The van der Waals surface area contributed by atoms with Crippen LogP contribution in [0.1, 0.15) is 24.8 Å². The Hall–Kier alpha value is -3.51. The maximum Gasteiger partial charge on any atom is 0.243 e. The molecule has 2 N–H and O–H groups in total.